The predicted octanol–water partition coefficient (Wildman–Crippen LogP) is 4.47. The molecule has 108 valence electrons. The first kappa shape index (κ1) is 14.2. The Morgan fingerprint density at radius 3 is 2.57 bits per heavy atom. The van der Waals surface area contributed by atoms with E-state index < -0.39 is 5.41 Å². The molecule has 0 fully saturated rings. The Labute approximate surface area is 130 Å². The molecule has 2 aromatic carbocycles. The van der Waals surface area contributed by atoms with Crippen LogP contribution in [0.3, 0.4) is 0 Å². The quantitative estimate of drug-likeness (QED) is 0.801. The fourth-order valence-corrected chi connectivity index (χ4v) is 3.09. The average Bonchev–Trinajstić information content (AvgIpc) is 2.63. The lowest BCUT2D eigenvalue weighted by molar-refractivity contribution is -0.122. The third-order valence-electron chi connectivity index (χ3n) is 4.29. The zero-order valence-electron chi connectivity index (χ0n) is 12.5. The molecule has 0 atom stereocenters. The van der Waals surface area contributed by atoms with Crippen LogP contribution < -0.4 is 4.90 Å². The average molecular weight is 300 g/mol. The molecule has 0 N–H and O–H groups in total. The summed E-state index contributed by atoms with van der Waals surface area (Å²) in [4.78, 5) is 14.7. The van der Waals surface area contributed by atoms with Crippen molar-refractivity contribution in [2.45, 2.75) is 32.7 Å². The zero-order valence-corrected chi connectivity index (χ0v) is 13.2. The molecule has 0 radical (unpaired) electrons. The number of aryl methyl sites for hydroxylation is 1. The molecule has 1 aliphatic heterocycles. The number of hydrogen-bond donors (Lipinski definition) is 0. The van der Waals surface area contributed by atoms with E-state index in [4.69, 9.17) is 11.6 Å². The van der Waals surface area contributed by atoms with Crippen molar-refractivity contribution in [3.05, 3.63) is 64.2 Å². The minimum atomic E-state index is -0.525. The number of halogens is 1. The van der Waals surface area contributed by atoms with Gasteiger partial charge in [-0.3, -0.25) is 4.79 Å². The molecule has 0 saturated carbocycles. The largest absolute Gasteiger partial charge is 0.307 e. The van der Waals surface area contributed by atoms with E-state index in [9.17, 15) is 4.79 Å². The van der Waals surface area contributed by atoms with Gasteiger partial charge in [-0.05, 0) is 55.7 Å². The molecule has 1 aliphatic rings. The number of nitrogens with zero attached hydrogens (tertiary/aromatic N) is 1. The predicted molar refractivity (Wildman–Crippen MR) is 86.8 cm³/mol. The van der Waals surface area contributed by atoms with E-state index in [1.165, 1.54) is 11.1 Å². The molecule has 0 aliphatic carbocycles. The number of benzene rings is 2. The molecule has 0 unspecified atom stereocenters. The number of anilines is 1. The Balaban J connectivity index is 2.05. The number of carbonyl (C=O) groups is 1. The summed E-state index contributed by atoms with van der Waals surface area (Å²) in [5.74, 6) is 0.128. The van der Waals surface area contributed by atoms with Crippen LogP contribution in [0.1, 0.15) is 30.5 Å². The molecule has 0 bridgehead atoms. The van der Waals surface area contributed by atoms with E-state index in [2.05, 4.69) is 19.1 Å². The van der Waals surface area contributed by atoms with Crippen LogP contribution in [0, 0.1) is 6.92 Å². The van der Waals surface area contributed by atoms with E-state index in [-0.39, 0.29) is 5.91 Å². The molecule has 1 amide bonds. The molecule has 2 nitrogen and oxygen atoms in total. The van der Waals surface area contributed by atoms with E-state index in [1.807, 2.05) is 49.1 Å². The summed E-state index contributed by atoms with van der Waals surface area (Å²) in [5, 5.41) is 0.673. The van der Waals surface area contributed by atoms with Crippen molar-refractivity contribution < 1.29 is 4.79 Å². The summed E-state index contributed by atoms with van der Waals surface area (Å²) in [6.45, 7) is 6.60. The second kappa shape index (κ2) is 4.88. The molecule has 1 heterocycles. The lowest BCUT2D eigenvalue weighted by Crippen LogP contribution is -2.35. The lowest BCUT2D eigenvalue weighted by Gasteiger charge is -2.21. The Morgan fingerprint density at radius 2 is 1.86 bits per heavy atom. The minimum absolute atomic E-state index is 0.128. The van der Waals surface area contributed by atoms with Gasteiger partial charge in [-0.15, -0.1) is 0 Å². The van der Waals surface area contributed by atoms with E-state index in [0.717, 1.165) is 11.3 Å². The van der Waals surface area contributed by atoms with Gasteiger partial charge in [0.15, 0.2) is 0 Å². The van der Waals surface area contributed by atoms with Crippen molar-refractivity contribution in [2.75, 3.05) is 4.90 Å². The number of hydrogen-bond acceptors (Lipinski definition) is 1. The summed E-state index contributed by atoms with van der Waals surface area (Å²) >= 11 is 6.10. The molecule has 3 heteroatoms. The van der Waals surface area contributed by atoms with Crippen LogP contribution in [0.4, 0.5) is 5.69 Å². The first-order chi connectivity index (χ1) is 9.91. The Bertz CT molecular complexity index is 721. The topological polar surface area (TPSA) is 20.3 Å². The summed E-state index contributed by atoms with van der Waals surface area (Å²) in [6.07, 6.45) is 0. The Kier molecular flexibility index (Phi) is 3.29. The second-order valence-electron chi connectivity index (χ2n) is 6.10. The number of rotatable bonds is 2. The summed E-state index contributed by atoms with van der Waals surface area (Å²) < 4.78 is 0. The highest BCUT2D eigenvalue weighted by Gasteiger charge is 2.43. The highest BCUT2D eigenvalue weighted by Crippen LogP contribution is 2.43. The SMILES string of the molecule is Cc1ccccc1CN1C(=O)C(C)(C)c2cc(Cl)ccc21. The van der Waals surface area contributed by atoms with Crippen LogP contribution in [0.25, 0.3) is 0 Å². The van der Waals surface area contributed by atoms with Crippen LogP contribution in [-0.4, -0.2) is 5.91 Å². The van der Waals surface area contributed by atoms with Crippen LogP contribution in [0.2, 0.25) is 5.02 Å². The van der Waals surface area contributed by atoms with Gasteiger partial charge in [-0.1, -0.05) is 35.9 Å². The fraction of sp³-hybridized carbons (Fsp3) is 0.278. The van der Waals surface area contributed by atoms with Gasteiger partial charge in [-0.25, -0.2) is 0 Å². The van der Waals surface area contributed by atoms with Crippen molar-refractivity contribution in [1.29, 1.82) is 0 Å². The first-order valence-electron chi connectivity index (χ1n) is 7.08. The molecule has 0 aromatic heterocycles. The number of fused-ring (bicyclic) bond motifs is 1. The summed E-state index contributed by atoms with van der Waals surface area (Å²) in [5.41, 5.74) is 3.82. The lowest BCUT2D eigenvalue weighted by atomic mass is 9.86. The molecule has 0 saturated heterocycles. The fourth-order valence-electron chi connectivity index (χ4n) is 2.92. The Hall–Kier alpha value is -1.80. The molecule has 0 spiro atoms. The summed E-state index contributed by atoms with van der Waals surface area (Å²) in [7, 11) is 0. The van der Waals surface area contributed by atoms with Crippen LogP contribution in [0.5, 0.6) is 0 Å². The molecule has 2 aromatic rings. The monoisotopic (exact) mass is 299 g/mol. The third kappa shape index (κ3) is 2.24. The van der Waals surface area contributed by atoms with Gasteiger partial charge in [0.1, 0.15) is 0 Å². The highest BCUT2D eigenvalue weighted by molar-refractivity contribution is 6.31. The molecule has 3 rings (SSSR count). The minimum Gasteiger partial charge on any atom is -0.307 e. The van der Waals surface area contributed by atoms with Gasteiger partial charge in [0.05, 0.1) is 12.0 Å². The van der Waals surface area contributed by atoms with Gasteiger partial charge < -0.3 is 4.90 Å². The van der Waals surface area contributed by atoms with Gasteiger partial charge in [0.2, 0.25) is 5.91 Å². The van der Waals surface area contributed by atoms with E-state index in [1.54, 1.807) is 0 Å². The number of carbonyl (C=O) groups excluding carboxylic acids is 1. The van der Waals surface area contributed by atoms with Crippen molar-refractivity contribution in [2.24, 2.45) is 0 Å². The first-order valence-corrected chi connectivity index (χ1v) is 7.45. The molecular weight excluding hydrogens is 282 g/mol. The van der Waals surface area contributed by atoms with Crippen molar-refractivity contribution in [3.63, 3.8) is 0 Å². The standard InChI is InChI=1S/C18H18ClNO/c1-12-6-4-5-7-13(12)11-20-16-9-8-14(19)10-15(16)18(2,3)17(20)21/h4-10H,11H2,1-3H3. The maximum atomic E-state index is 12.8. The maximum Gasteiger partial charge on any atom is 0.237 e. The normalized spacial score (nSPS) is 16.2. The van der Waals surface area contributed by atoms with Gasteiger partial charge in [0, 0.05) is 10.7 Å². The second-order valence-corrected chi connectivity index (χ2v) is 6.54. The third-order valence-corrected chi connectivity index (χ3v) is 4.53. The maximum absolute atomic E-state index is 12.8. The van der Waals surface area contributed by atoms with Crippen molar-refractivity contribution in [3.8, 4) is 0 Å². The van der Waals surface area contributed by atoms with Crippen LogP contribution in [0.15, 0.2) is 42.5 Å². The Morgan fingerprint density at radius 1 is 1.14 bits per heavy atom. The van der Waals surface area contributed by atoms with Crippen LogP contribution in [-0.2, 0) is 16.8 Å². The smallest absolute Gasteiger partial charge is 0.237 e. The summed E-state index contributed by atoms with van der Waals surface area (Å²) in [6, 6.07) is 13.9. The van der Waals surface area contributed by atoms with Crippen LogP contribution >= 0.6 is 11.6 Å². The van der Waals surface area contributed by atoms with Crippen molar-refractivity contribution >= 4 is 23.2 Å². The van der Waals surface area contributed by atoms with Gasteiger partial charge in [-0.2, -0.15) is 0 Å². The van der Waals surface area contributed by atoms with Gasteiger partial charge >= 0.3 is 0 Å². The van der Waals surface area contributed by atoms with Crippen molar-refractivity contribution in [1.82, 2.24) is 0 Å². The molecular formula is C18H18ClNO. The van der Waals surface area contributed by atoms with Gasteiger partial charge in [0.25, 0.3) is 0 Å². The zero-order chi connectivity index (χ0) is 15.2. The van der Waals surface area contributed by atoms with E-state index in [0.29, 0.717) is 11.6 Å². The van der Waals surface area contributed by atoms with E-state index >= 15 is 0 Å². The number of amides is 1. The molecule has 21 heavy (non-hydrogen) atoms. The highest BCUT2D eigenvalue weighted by atomic mass is 35.5.